The topological polar surface area (TPSA) is 78.5 Å². The molecule has 170 valence electrons. The van der Waals surface area contributed by atoms with Gasteiger partial charge in [0.1, 0.15) is 12.1 Å². The molecule has 0 spiro atoms. The highest BCUT2D eigenvalue weighted by Gasteiger charge is 2.49. The highest BCUT2D eigenvalue weighted by atomic mass is 16.2. The quantitative estimate of drug-likeness (QED) is 0.690. The molecule has 2 unspecified atom stereocenters. The van der Waals surface area contributed by atoms with Gasteiger partial charge in [0.15, 0.2) is 0 Å². The molecule has 6 nitrogen and oxygen atoms in total. The van der Waals surface area contributed by atoms with E-state index in [0.717, 1.165) is 21.6 Å². The Hall–Kier alpha value is -3.15. The van der Waals surface area contributed by atoms with Crippen molar-refractivity contribution in [3.63, 3.8) is 0 Å². The van der Waals surface area contributed by atoms with Crippen LogP contribution in [-0.4, -0.2) is 29.3 Å². The smallest absolute Gasteiger partial charge is 0.325 e. The van der Waals surface area contributed by atoms with Crippen LogP contribution in [0, 0.1) is 13.8 Å². The number of benzene rings is 2. The van der Waals surface area contributed by atoms with Crippen molar-refractivity contribution in [2.75, 3.05) is 6.54 Å². The molecule has 0 radical (unpaired) electrons. The van der Waals surface area contributed by atoms with Crippen molar-refractivity contribution in [2.24, 2.45) is 0 Å². The van der Waals surface area contributed by atoms with Crippen LogP contribution in [0.2, 0.25) is 0 Å². The molecule has 2 atom stereocenters. The summed E-state index contributed by atoms with van der Waals surface area (Å²) in [5.41, 5.74) is 3.91. The number of nitrogens with zero attached hydrogens (tertiary/aromatic N) is 1. The lowest BCUT2D eigenvalue weighted by atomic mass is 9.84. The Balaban J connectivity index is 1.71. The van der Waals surface area contributed by atoms with E-state index in [1.165, 1.54) is 5.56 Å². The molecule has 4 amide bonds. The zero-order valence-corrected chi connectivity index (χ0v) is 20.0. The Labute approximate surface area is 190 Å². The summed E-state index contributed by atoms with van der Waals surface area (Å²) in [6.07, 6.45) is 0. The van der Waals surface area contributed by atoms with E-state index >= 15 is 0 Å². The van der Waals surface area contributed by atoms with E-state index in [1.807, 2.05) is 63.2 Å². The molecule has 0 aliphatic carbocycles. The first-order valence-corrected chi connectivity index (χ1v) is 10.9. The zero-order chi connectivity index (χ0) is 23.8. The molecule has 1 heterocycles. The molecule has 2 aromatic rings. The van der Waals surface area contributed by atoms with Gasteiger partial charge in [-0.05, 0) is 60.9 Å². The average Bonchev–Trinajstić information content (AvgIpc) is 2.93. The number of hydrogen-bond donors (Lipinski definition) is 2. The first-order chi connectivity index (χ1) is 14.8. The summed E-state index contributed by atoms with van der Waals surface area (Å²) in [4.78, 5) is 39.4. The third-order valence-electron chi connectivity index (χ3n) is 6.31. The van der Waals surface area contributed by atoms with Crippen LogP contribution in [0.15, 0.2) is 42.5 Å². The van der Waals surface area contributed by atoms with Gasteiger partial charge in [0, 0.05) is 0 Å². The normalized spacial score (nSPS) is 19.7. The second-order valence-corrected chi connectivity index (χ2v) is 9.91. The number of carbonyl (C=O) groups excluding carboxylic acids is 3. The highest BCUT2D eigenvalue weighted by Crippen LogP contribution is 2.31. The van der Waals surface area contributed by atoms with Crippen molar-refractivity contribution in [1.82, 2.24) is 15.5 Å². The molecule has 3 rings (SSSR count). The van der Waals surface area contributed by atoms with Crippen molar-refractivity contribution in [2.45, 2.75) is 65.5 Å². The number of imide groups is 1. The number of hydrogen-bond acceptors (Lipinski definition) is 3. The fraction of sp³-hybridized carbons (Fsp3) is 0.423. The molecule has 1 aliphatic heterocycles. The predicted octanol–water partition coefficient (Wildman–Crippen LogP) is 4.25. The zero-order valence-electron chi connectivity index (χ0n) is 20.0. The van der Waals surface area contributed by atoms with Crippen molar-refractivity contribution in [3.05, 3.63) is 70.3 Å². The summed E-state index contributed by atoms with van der Waals surface area (Å²) in [7, 11) is 0. The standard InChI is InChI=1S/C26H33N3O3/c1-16-8-9-19(14-17(16)2)18(3)27-22(30)15-29-23(31)26(7,28-24(29)32)21-12-10-20(11-13-21)25(4,5)6/h8-14,18H,15H2,1-7H3,(H,27,30)(H,28,32). The second kappa shape index (κ2) is 8.41. The SMILES string of the molecule is Cc1ccc(C(C)NC(=O)CN2C(=O)NC(C)(c3ccc(C(C)(C)C)cc3)C2=O)cc1C. The van der Waals surface area contributed by atoms with Gasteiger partial charge < -0.3 is 10.6 Å². The van der Waals surface area contributed by atoms with Gasteiger partial charge >= 0.3 is 6.03 Å². The lowest BCUT2D eigenvalue weighted by molar-refractivity contribution is -0.135. The molecular formula is C26H33N3O3. The van der Waals surface area contributed by atoms with Crippen molar-refractivity contribution in [1.29, 1.82) is 0 Å². The summed E-state index contributed by atoms with van der Waals surface area (Å²) in [6.45, 7) is 13.6. The largest absolute Gasteiger partial charge is 0.348 e. The monoisotopic (exact) mass is 435 g/mol. The number of urea groups is 1. The summed E-state index contributed by atoms with van der Waals surface area (Å²) >= 11 is 0. The van der Waals surface area contributed by atoms with Crippen LogP contribution in [0.5, 0.6) is 0 Å². The van der Waals surface area contributed by atoms with Crippen molar-refractivity contribution < 1.29 is 14.4 Å². The Bertz CT molecular complexity index is 1050. The third kappa shape index (κ3) is 4.54. The van der Waals surface area contributed by atoms with Crippen LogP contribution in [0.3, 0.4) is 0 Å². The maximum atomic E-state index is 13.2. The third-order valence-corrected chi connectivity index (χ3v) is 6.31. The van der Waals surface area contributed by atoms with Gasteiger partial charge in [-0.15, -0.1) is 0 Å². The number of amides is 4. The van der Waals surface area contributed by atoms with Crippen molar-refractivity contribution in [3.8, 4) is 0 Å². The molecule has 2 N–H and O–H groups in total. The number of carbonyl (C=O) groups is 3. The summed E-state index contributed by atoms with van der Waals surface area (Å²) in [5.74, 6) is -0.813. The molecule has 0 aromatic heterocycles. The van der Waals surface area contributed by atoms with E-state index in [0.29, 0.717) is 5.56 Å². The maximum absolute atomic E-state index is 13.2. The lowest BCUT2D eigenvalue weighted by Crippen LogP contribution is -2.43. The number of nitrogens with one attached hydrogen (secondary N) is 2. The molecule has 6 heteroatoms. The second-order valence-electron chi connectivity index (χ2n) is 9.91. The Morgan fingerprint density at radius 3 is 2.25 bits per heavy atom. The molecular weight excluding hydrogens is 402 g/mol. The molecule has 32 heavy (non-hydrogen) atoms. The van der Waals surface area contributed by atoms with Crippen molar-refractivity contribution >= 4 is 17.8 Å². The van der Waals surface area contributed by atoms with Crippen LogP contribution in [0.25, 0.3) is 0 Å². The average molecular weight is 436 g/mol. The van der Waals surface area contributed by atoms with Gasteiger partial charge in [0.05, 0.1) is 6.04 Å². The Morgan fingerprint density at radius 2 is 1.69 bits per heavy atom. The molecule has 2 aromatic carbocycles. The van der Waals surface area contributed by atoms with E-state index in [9.17, 15) is 14.4 Å². The highest BCUT2D eigenvalue weighted by molar-refractivity contribution is 6.09. The summed E-state index contributed by atoms with van der Waals surface area (Å²) < 4.78 is 0. The predicted molar refractivity (Wildman–Crippen MR) is 125 cm³/mol. The van der Waals surface area contributed by atoms with Crippen LogP contribution in [0.1, 0.15) is 68.5 Å². The number of rotatable bonds is 5. The van der Waals surface area contributed by atoms with Gasteiger partial charge in [0.25, 0.3) is 5.91 Å². The van der Waals surface area contributed by atoms with Gasteiger partial charge in [0.2, 0.25) is 5.91 Å². The van der Waals surface area contributed by atoms with E-state index in [-0.39, 0.29) is 23.9 Å². The van der Waals surface area contributed by atoms with E-state index in [4.69, 9.17) is 0 Å². The molecule has 1 fully saturated rings. The fourth-order valence-electron chi connectivity index (χ4n) is 3.89. The first kappa shape index (κ1) is 23.5. The molecule has 1 aliphatic rings. The first-order valence-electron chi connectivity index (χ1n) is 10.9. The van der Waals surface area contributed by atoms with Crippen LogP contribution in [0.4, 0.5) is 4.79 Å². The number of aryl methyl sites for hydroxylation is 2. The van der Waals surface area contributed by atoms with Gasteiger partial charge in [-0.2, -0.15) is 0 Å². The molecule has 1 saturated heterocycles. The van der Waals surface area contributed by atoms with E-state index < -0.39 is 17.5 Å². The van der Waals surface area contributed by atoms with Gasteiger partial charge in [-0.3, -0.25) is 14.5 Å². The minimum atomic E-state index is -1.20. The van der Waals surface area contributed by atoms with Crippen LogP contribution in [-0.2, 0) is 20.5 Å². The van der Waals surface area contributed by atoms with E-state index in [2.05, 4.69) is 31.4 Å². The lowest BCUT2D eigenvalue weighted by Gasteiger charge is -2.24. The fourth-order valence-corrected chi connectivity index (χ4v) is 3.89. The van der Waals surface area contributed by atoms with Gasteiger partial charge in [-0.1, -0.05) is 63.2 Å². The summed E-state index contributed by atoms with van der Waals surface area (Å²) in [6, 6.07) is 12.9. The maximum Gasteiger partial charge on any atom is 0.325 e. The van der Waals surface area contributed by atoms with E-state index in [1.54, 1.807) is 6.92 Å². The Kier molecular flexibility index (Phi) is 6.18. The molecule has 0 saturated carbocycles. The van der Waals surface area contributed by atoms with Crippen LogP contribution < -0.4 is 10.6 Å². The summed E-state index contributed by atoms with van der Waals surface area (Å²) in [5, 5.41) is 5.66. The minimum absolute atomic E-state index is 0.0147. The molecule has 0 bridgehead atoms. The minimum Gasteiger partial charge on any atom is -0.348 e. The Morgan fingerprint density at radius 1 is 1.06 bits per heavy atom. The van der Waals surface area contributed by atoms with Crippen LogP contribution >= 0.6 is 0 Å². The van der Waals surface area contributed by atoms with Gasteiger partial charge in [-0.25, -0.2) is 4.79 Å².